The molecule has 3 fully saturated rings. The molecule has 0 saturated carbocycles. The van der Waals surface area contributed by atoms with Gasteiger partial charge >= 0.3 is 0 Å². The molecule has 6 rings (SSSR count). The van der Waals surface area contributed by atoms with Crippen LogP contribution in [0.2, 0.25) is 0 Å². The van der Waals surface area contributed by atoms with Gasteiger partial charge in [-0.25, -0.2) is 9.36 Å². The van der Waals surface area contributed by atoms with Gasteiger partial charge in [0, 0.05) is 30.9 Å². The van der Waals surface area contributed by atoms with Gasteiger partial charge in [0.05, 0.1) is 11.7 Å². The summed E-state index contributed by atoms with van der Waals surface area (Å²) in [5.74, 6) is 1.69. The Labute approximate surface area is 200 Å². The second kappa shape index (κ2) is 8.48. The van der Waals surface area contributed by atoms with Gasteiger partial charge in [0.25, 0.3) is 5.56 Å². The largest absolute Gasteiger partial charge is 0.334 e. The summed E-state index contributed by atoms with van der Waals surface area (Å²) in [5, 5.41) is 8.98. The van der Waals surface area contributed by atoms with Crippen LogP contribution in [0, 0.1) is 25.7 Å². The Morgan fingerprint density at radius 3 is 2.82 bits per heavy atom. The molecule has 4 atom stereocenters. The lowest BCUT2D eigenvalue weighted by molar-refractivity contribution is -0.137. The monoisotopic (exact) mass is 462 g/mol. The van der Waals surface area contributed by atoms with Gasteiger partial charge in [-0.05, 0) is 76.5 Å². The minimum atomic E-state index is -0.260. The van der Waals surface area contributed by atoms with Crippen LogP contribution in [0.5, 0.6) is 0 Å². The average Bonchev–Trinajstić information content (AvgIpc) is 3.18. The molecule has 34 heavy (non-hydrogen) atoms. The molecule has 0 spiro atoms. The number of carbonyl (C=O) groups is 1. The van der Waals surface area contributed by atoms with Crippen LogP contribution in [0.4, 0.5) is 0 Å². The number of fused-ring (bicyclic) bond motifs is 6. The van der Waals surface area contributed by atoms with E-state index >= 15 is 0 Å². The first-order valence-corrected chi connectivity index (χ1v) is 12.8. The molecule has 0 aromatic carbocycles. The number of nitrogens with zero attached hydrogens (tertiary/aromatic N) is 6. The quantitative estimate of drug-likeness (QED) is 0.655. The summed E-state index contributed by atoms with van der Waals surface area (Å²) in [6.07, 6.45) is 9.75. The Hall–Kier alpha value is -2.74. The van der Waals surface area contributed by atoms with Crippen LogP contribution in [0.3, 0.4) is 0 Å². The summed E-state index contributed by atoms with van der Waals surface area (Å²) in [7, 11) is 0. The highest BCUT2D eigenvalue weighted by Gasteiger charge is 2.46. The zero-order valence-electron chi connectivity index (χ0n) is 20.2. The number of likely N-dealkylation sites (tertiary alicyclic amines) is 1. The number of aromatic nitrogens is 4. The first-order chi connectivity index (χ1) is 16.5. The van der Waals surface area contributed by atoms with Crippen LogP contribution in [0.1, 0.15) is 49.9 Å². The van der Waals surface area contributed by atoms with Crippen LogP contribution in [0.25, 0.3) is 5.82 Å². The third kappa shape index (κ3) is 3.72. The molecule has 3 aliphatic heterocycles. The van der Waals surface area contributed by atoms with Crippen molar-refractivity contribution in [2.45, 2.75) is 71.0 Å². The van der Waals surface area contributed by atoms with E-state index < -0.39 is 0 Å². The number of hydrogen-bond acceptors (Lipinski definition) is 5. The Balaban J connectivity index is 1.26. The van der Waals surface area contributed by atoms with Gasteiger partial charge in [-0.15, -0.1) is 5.10 Å². The number of aryl methyl sites for hydroxylation is 2. The fourth-order valence-corrected chi connectivity index (χ4v) is 7.00. The molecule has 2 aromatic rings. The Morgan fingerprint density at radius 2 is 2.00 bits per heavy atom. The molecule has 0 N–H and O–H groups in total. The van der Waals surface area contributed by atoms with Crippen molar-refractivity contribution in [3.8, 4) is 5.82 Å². The maximum Gasteiger partial charge on any atom is 0.267 e. The minimum Gasteiger partial charge on any atom is -0.334 e. The van der Waals surface area contributed by atoms with Crippen LogP contribution < -0.4 is 5.56 Å². The maximum absolute atomic E-state index is 13.6. The fourth-order valence-electron chi connectivity index (χ4n) is 7.00. The summed E-state index contributed by atoms with van der Waals surface area (Å²) in [5.41, 5.74) is 3.03. The van der Waals surface area contributed by atoms with Crippen molar-refractivity contribution in [2.24, 2.45) is 11.8 Å². The zero-order valence-corrected chi connectivity index (χ0v) is 20.2. The molecule has 2 bridgehead atoms. The van der Waals surface area contributed by atoms with Gasteiger partial charge in [0.2, 0.25) is 5.91 Å². The molecule has 180 valence electrons. The summed E-state index contributed by atoms with van der Waals surface area (Å²) >= 11 is 0. The molecule has 8 heteroatoms. The molecular formula is C26H34N6O2. The van der Waals surface area contributed by atoms with Crippen molar-refractivity contribution in [1.29, 1.82) is 0 Å². The van der Waals surface area contributed by atoms with E-state index in [1.807, 2.05) is 19.9 Å². The maximum atomic E-state index is 13.6. The van der Waals surface area contributed by atoms with Gasteiger partial charge in [-0.2, -0.15) is 5.10 Å². The summed E-state index contributed by atoms with van der Waals surface area (Å²) in [4.78, 5) is 31.0. The Bertz CT molecular complexity index is 1200. The number of rotatable bonds is 3. The molecule has 1 amide bonds. The third-order valence-corrected chi connectivity index (χ3v) is 8.34. The van der Waals surface area contributed by atoms with Crippen molar-refractivity contribution in [2.75, 3.05) is 19.6 Å². The molecule has 5 heterocycles. The van der Waals surface area contributed by atoms with E-state index in [0.717, 1.165) is 37.3 Å². The second-order valence-electron chi connectivity index (χ2n) is 10.6. The highest BCUT2D eigenvalue weighted by Crippen LogP contribution is 2.45. The molecule has 2 aromatic heterocycles. The SMILES string of the molecule is Cc1cc(C)n(-c2ccc(=O)n(CC(=O)N3CCCC4=C[C@H]5C[C@@H](CN6CCCC[C@H]56)[C@@H]43)n2)n1. The lowest BCUT2D eigenvalue weighted by Gasteiger charge is -2.54. The number of piperidine rings is 3. The Kier molecular flexibility index (Phi) is 5.43. The van der Waals surface area contributed by atoms with E-state index in [0.29, 0.717) is 23.7 Å². The Morgan fingerprint density at radius 1 is 1.12 bits per heavy atom. The van der Waals surface area contributed by atoms with Crippen molar-refractivity contribution in [3.05, 3.63) is 51.6 Å². The fraction of sp³-hybridized carbons (Fsp3) is 0.615. The van der Waals surface area contributed by atoms with Gasteiger partial charge < -0.3 is 4.90 Å². The first-order valence-electron chi connectivity index (χ1n) is 12.8. The predicted molar refractivity (Wildman–Crippen MR) is 129 cm³/mol. The molecular weight excluding hydrogens is 428 g/mol. The number of hydrogen-bond donors (Lipinski definition) is 0. The van der Waals surface area contributed by atoms with E-state index in [4.69, 9.17) is 0 Å². The van der Waals surface area contributed by atoms with Crippen LogP contribution in [0.15, 0.2) is 34.6 Å². The van der Waals surface area contributed by atoms with Crippen molar-refractivity contribution in [3.63, 3.8) is 0 Å². The smallest absolute Gasteiger partial charge is 0.267 e. The molecule has 8 nitrogen and oxygen atoms in total. The predicted octanol–water partition coefficient (Wildman–Crippen LogP) is 2.47. The van der Waals surface area contributed by atoms with Gasteiger partial charge in [0.1, 0.15) is 6.54 Å². The molecule has 3 saturated heterocycles. The minimum absolute atomic E-state index is 0.00469. The van der Waals surface area contributed by atoms with E-state index in [2.05, 4.69) is 26.1 Å². The lowest BCUT2D eigenvalue weighted by atomic mass is 9.68. The van der Waals surface area contributed by atoms with Crippen LogP contribution in [-0.2, 0) is 11.3 Å². The summed E-state index contributed by atoms with van der Waals surface area (Å²) in [6, 6.07) is 6.00. The van der Waals surface area contributed by atoms with Crippen LogP contribution in [-0.4, -0.2) is 67.0 Å². The normalized spacial score (nSPS) is 28.8. The standard InChI is InChI=1S/C26H34N6O2/c1-17-12-18(2)32(27-17)23-8-9-24(33)31(28-23)16-25(34)30-11-5-6-19-13-20-14-21(26(19)30)15-29-10-4-3-7-22(20)29/h8-9,12-13,20-22,26H,3-7,10-11,14-16H2,1-2H3/t20-,21-,22+,26+/m0/s1. The van der Waals surface area contributed by atoms with E-state index in [-0.39, 0.29) is 24.1 Å². The third-order valence-electron chi connectivity index (χ3n) is 8.34. The highest BCUT2D eigenvalue weighted by atomic mass is 16.2. The summed E-state index contributed by atoms with van der Waals surface area (Å²) < 4.78 is 3.02. The lowest BCUT2D eigenvalue weighted by Crippen LogP contribution is -2.60. The van der Waals surface area contributed by atoms with E-state index in [1.54, 1.807) is 10.7 Å². The van der Waals surface area contributed by atoms with Crippen molar-refractivity contribution in [1.82, 2.24) is 29.4 Å². The van der Waals surface area contributed by atoms with E-state index in [9.17, 15) is 9.59 Å². The molecule has 0 unspecified atom stereocenters. The highest BCUT2D eigenvalue weighted by molar-refractivity contribution is 5.77. The molecule has 4 aliphatic rings. The first kappa shape index (κ1) is 21.8. The van der Waals surface area contributed by atoms with Gasteiger partial charge in [-0.3, -0.25) is 14.5 Å². The molecule has 0 radical (unpaired) electrons. The number of carbonyl (C=O) groups excluding carboxylic acids is 1. The van der Waals surface area contributed by atoms with Gasteiger partial charge in [-0.1, -0.05) is 18.1 Å². The number of amides is 1. The van der Waals surface area contributed by atoms with E-state index in [1.165, 1.54) is 48.5 Å². The average molecular weight is 463 g/mol. The van der Waals surface area contributed by atoms with Crippen LogP contribution >= 0.6 is 0 Å². The molecule has 1 aliphatic carbocycles. The van der Waals surface area contributed by atoms with Crippen molar-refractivity contribution >= 4 is 5.91 Å². The van der Waals surface area contributed by atoms with Gasteiger partial charge in [0.15, 0.2) is 5.82 Å². The topological polar surface area (TPSA) is 76.3 Å². The van der Waals surface area contributed by atoms with Crippen molar-refractivity contribution < 1.29 is 4.79 Å². The zero-order chi connectivity index (χ0) is 23.4. The summed E-state index contributed by atoms with van der Waals surface area (Å²) in [6.45, 7) is 6.90. The second-order valence-corrected chi connectivity index (χ2v) is 10.6.